The van der Waals surface area contributed by atoms with Crippen LogP contribution in [0.5, 0.6) is 0 Å². The van der Waals surface area contributed by atoms with Crippen LogP contribution in [0.25, 0.3) is 22.4 Å². The number of ether oxygens (including phenoxy) is 1. The van der Waals surface area contributed by atoms with E-state index in [9.17, 15) is 4.79 Å². The van der Waals surface area contributed by atoms with Crippen molar-refractivity contribution >= 4 is 11.7 Å². The number of rotatable bonds is 5. The molecule has 0 aliphatic rings. The van der Waals surface area contributed by atoms with Crippen molar-refractivity contribution in [3.05, 3.63) is 66.4 Å². The van der Waals surface area contributed by atoms with Gasteiger partial charge in [-0.1, -0.05) is 64.9 Å². The number of esters is 1. The molecule has 0 aliphatic heterocycles. The van der Waals surface area contributed by atoms with E-state index in [1.807, 2.05) is 42.5 Å². The smallest absolute Gasteiger partial charge is 0.360 e. The number of benzene rings is 2. The Balaban J connectivity index is 2.17. The van der Waals surface area contributed by atoms with Gasteiger partial charge in [0.05, 0.1) is 7.11 Å². The molecule has 2 aromatic carbocycles. The summed E-state index contributed by atoms with van der Waals surface area (Å²) in [5.74, 6) is -0.598. The van der Waals surface area contributed by atoms with Gasteiger partial charge in [0.25, 0.3) is 0 Å². The SMILES string of the molecule is CO/N=C(\C(=O)OC)c1ccccc1-c1nocc1-c1ccccc1. The minimum atomic E-state index is -0.598. The molecule has 0 aliphatic carbocycles. The van der Waals surface area contributed by atoms with Crippen LogP contribution in [0.1, 0.15) is 5.56 Å². The summed E-state index contributed by atoms with van der Waals surface area (Å²) in [6, 6.07) is 17.0. The topological polar surface area (TPSA) is 73.9 Å². The predicted molar refractivity (Wildman–Crippen MR) is 92.9 cm³/mol. The van der Waals surface area contributed by atoms with Crippen molar-refractivity contribution < 1.29 is 18.9 Å². The molecule has 0 saturated carbocycles. The molecule has 0 fully saturated rings. The van der Waals surface area contributed by atoms with Crippen molar-refractivity contribution in [3.63, 3.8) is 0 Å². The average Bonchev–Trinajstić information content (AvgIpc) is 3.16. The van der Waals surface area contributed by atoms with Crippen molar-refractivity contribution in [1.29, 1.82) is 0 Å². The monoisotopic (exact) mass is 336 g/mol. The van der Waals surface area contributed by atoms with E-state index in [0.717, 1.165) is 11.1 Å². The fraction of sp³-hybridized carbons (Fsp3) is 0.105. The van der Waals surface area contributed by atoms with Crippen LogP contribution >= 0.6 is 0 Å². The number of methoxy groups -OCH3 is 1. The minimum Gasteiger partial charge on any atom is -0.464 e. The highest BCUT2D eigenvalue weighted by molar-refractivity contribution is 6.44. The third-order valence-electron chi connectivity index (χ3n) is 3.65. The van der Waals surface area contributed by atoms with E-state index in [1.54, 1.807) is 18.4 Å². The van der Waals surface area contributed by atoms with E-state index in [1.165, 1.54) is 14.2 Å². The molecule has 0 radical (unpaired) electrons. The molecule has 0 saturated heterocycles. The Hall–Kier alpha value is -3.41. The summed E-state index contributed by atoms with van der Waals surface area (Å²) in [5, 5.41) is 7.95. The Morgan fingerprint density at radius 1 is 1.00 bits per heavy atom. The van der Waals surface area contributed by atoms with Gasteiger partial charge in [0.2, 0.25) is 0 Å². The predicted octanol–water partition coefficient (Wildman–Crippen LogP) is 3.53. The maximum absolute atomic E-state index is 12.1. The Kier molecular flexibility index (Phi) is 4.89. The summed E-state index contributed by atoms with van der Waals surface area (Å²) in [4.78, 5) is 16.9. The van der Waals surface area contributed by atoms with Gasteiger partial charge < -0.3 is 14.1 Å². The van der Waals surface area contributed by atoms with Crippen LogP contribution in [-0.4, -0.2) is 31.1 Å². The molecule has 0 spiro atoms. The second kappa shape index (κ2) is 7.44. The van der Waals surface area contributed by atoms with Crippen molar-refractivity contribution in [3.8, 4) is 22.4 Å². The number of carbonyl (C=O) groups is 1. The fourth-order valence-corrected chi connectivity index (χ4v) is 2.53. The number of oxime groups is 1. The van der Waals surface area contributed by atoms with E-state index in [4.69, 9.17) is 14.1 Å². The first-order chi connectivity index (χ1) is 12.3. The lowest BCUT2D eigenvalue weighted by Gasteiger charge is -2.09. The summed E-state index contributed by atoms with van der Waals surface area (Å²) >= 11 is 0. The van der Waals surface area contributed by atoms with Crippen LogP contribution in [0.4, 0.5) is 0 Å². The van der Waals surface area contributed by atoms with Gasteiger partial charge in [0, 0.05) is 16.7 Å². The summed E-state index contributed by atoms with van der Waals surface area (Å²) in [7, 11) is 2.67. The minimum absolute atomic E-state index is 0.0580. The highest BCUT2D eigenvalue weighted by Crippen LogP contribution is 2.33. The molecule has 3 aromatic rings. The van der Waals surface area contributed by atoms with Gasteiger partial charge in [-0.3, -0.25) is 0 Å². The maximum Gasteiger partial charge on any atom is 0.360 e. The van der Waals surface area contributed by atoms with Crippen LogP contribution in [0.3, 0.4) is 0 Å². The molecule has 25 heavy (non-hydrogen) atoms. The van der Waals surface area contributed by atoms with E-state index in [-0.39, 0.29) is 5.71 Å². The van der Waals surface area contributed by atoms with E-state index in [2.05, 4.69) is 10.3 Å². The Bertz CT molecular complexity index is 901. The lowest BCUT2D eigenvalue weighted by atomic mass is 9.96. The molecule has 3 rings (SSSR count). The number of nitrogens with zero attached hydrogens (tertiary/aromatic N) is 2. The van der Waals surface area contributed by atoms with Gasteiger partial charge >= 0.3 is 5.97 Å². The molecular formula is C19H16N2O4. The molecule has 6 heteroatoms. The zero-order valence-corrected chi connectivity index (χ0v) is 13.8. The van der Waals surface area contributed by atoms with Crippen LogP contribution < -0.4 is 0 Å². The Morgan fingerprint density at radius 2 is 1.72 bits per heavy atom. The van der Waals surface area contributed by atoms with E-state index in [0.29, 0.717) is 16.8 Å². The van der Waals surface area contributed by atoms with Crippen molar-refractivity contribution in [2.24, 2.45) is 5.16 Å². The quantitative estimate of drug-likeness (QED) is 0.405. The first-order valence-corrected chi connectivity index (χ1v) is 7.55. The normalized spacial score (nSPS) is 11.2. The lowest BCUT2D eigenvalue weighted by molar-refractivity contribution is -0.132. The summed E-state index contributed by atoms with van der Waals surface area (Å²) < 4.78 is 10.0. The lowest BCUT2D eigenvalue weighted by Crippen LogP contribution is -2.18. The maximum atomic E-state index is 12.1. The molecule has 0 amide bonds. The van der Waals surface area contributed by atoms with Crippen molar-refractivity contribution in [2.75, 3.05) is 14.2 Å². The molecule has 0 bridgehead atoms. The summed E-state index contributed by atoms with van der Waals surface area (Å²) in [6.45, 7) is 0. The third kappa shape index (κ3) is 3.28. The second-order valence-electron chi connectivity index (χ2n) is 5.10. The Morgan fingerprint density at radius 3 is 2.44 bits per heavy atom. The largest absolute Gasteiger partial charge is 0.464 e. The number of hydrogen-bond donors (Lipinski definition) is 0. The zero-order valence-electron chi connectivity index (χ0n) is 13.8. The van der Waals surface area contributed by atoms with Gasteiger partial charge in [0.15, 0.2) is 5.71 Å². The third-order valence-corrected chi connectivity index (χ3v) is 3.65. The summed E-state index contributed by atoms with van der Waals surface area (Å²) in [5.41, 5.74) is 3.67. The van der Waals surface area contributed by atoms with Crippen LogP contribution in [0.15, 0.2) is 70.5 Å². The first-order valence-electron chi connectivity index (χ1n) is 7.55. The highest BCUT2D eigenvalue weighted by atomic mass is 16.6. The van der Waals surface area contributed by atoms with Crippen LogP contribution in [0, 0.1) is 0 Å². The Labute approximate surface area is 144 Å². The van der Waals surface area contributed by atoms with Gasteiger partial charge in [-0.2, -0.15) is 0 Å². The first kappa shape index (κ1) is 16.4. The number of aromatic nitrogens is 1. The molecule has 1 heterocycles. The molecule has 1 aromatic heterocycles. The molecule has 0 unspecified atom stereocenters. The fourth-order valence-electron chi connectivity index (χ4n) is 2.53. The van der Waals surface area contributed by atoms with Crippen LogP contribution in [-0.2, 0) is 14.4 Å². The highest BCUT2D eigenvalue weighted by Gasteiger charge is 2.23. The average molecular weight is 336 g/mol. The number of carbonyl (C=O) groups excluding carboxylic acids is 1. The molecule has 6 nitrogen and oxygen atoms in total. The zero-order chi connectivity index (χ0) is 17.6. The summed E-state index contributed by atoms with van der Waals surface area (Å²) in [6.07, 6.45) is 1.58. The van der Waals surface area contributed by atoms with E-state index < -0.39 is 5.97 Å². The van der Waals surface area contributed by atoms with Gasteiger partial charge in [0.1, 0.15) is 19.1 Å². The molecular weight excluding hydrogens is 320 g/mol. The van der Waals surface area contributed by atoms with Crippen molar-refractivity contribution in [2.45, 2.75) is 0 Å². The molecule has 0 atom stereocenters. The van der Waals surface area contributed by atoms with E-state index >= 15 is 0 Å². The molecule has 0 N–H and O–H groups in total. The number of hydrogen-bond acceptors (Lipinski definition) is 6. The molecule has 126 valence electrons. The van der Waals surface area contributed by atoms with Gasteiger partial charge in [-0.15, -0.1) is 0 Å². The van der Waals surface area contributed by atoms with Gasteiger partial charge in [-0.25, -0.2) is 4.79 Å². The van der Waals surface area contributed by atoms with Crippen molar-refractivity contribution in [1.82, 2.24) is 5.16 Å². The second-order valence-corrected chi connectivity index (χ2v) is 5.10. The van der Waals surface area contributed by atoms with Crippen LogP contribution in [0.2, 0.25) is 0 Å². The van der Waals surface area contributed by atoms with Gasteiger partial charge in [-0.05, 0) is 5.56 Å². The standard InChI is InChI=1S/C19H16N2O4/c1-23-19(22)18(20-24-2)15-11-7-6-10-14(15)17-16(12-25-21-17)13-8-4-3-5-9-13/h3-12H,1-2H3/b20-18-.